The molecule has 0 saturated carbocycles. The van der Waals surface area contributed by atoms with Gasteiger partial charge in [-0.25, -0.2) is 0 Å². The van der Waals surface area contributed by atoms with E-state index in [0.717, 1.165) is 15.3 Å². The quantitative estimate of drug-likeness (QED) is 0.462. The molecule has 0 radical (unpaired) electrons. The molecule has 0 fully saturated rings. The molecule has 1 unspecified atom stereocenters. The molecule has 0 aromatic heterocycles. The second kappa shape index (κ2) is 7.82. The molecule has 1 atom stereocenters. The van der Waals surface area contributed by atoms with Gasteiger partial charge in [0.2, 0.25) is 0 Å². The summed E-state index contributed by atoms with van der Waals surface area (Å²) in [7, 11) is 1.74. The summed E-state index contributed by atoms with van der Waals surface area (Å²) in [6, 6.07) is 8.29. The van der Waals surface area contributed by atoms with E-state index in [9.17, 15) is 0 Å². The van der Waals surface area contributed by atoms with Gasteiger partial charge in [-0.05, 0) is 38.0 Å². The molecule has 0 bridgehead atoms. The Balaban J connectivity index is 2.53. The van der Waals surface area contributed by atoms with Crippen LogP contribution in [0.25, 0.3) is 0 Å². The summed E-state index contributed by atoms with van der Waals surface area (Å²) in [4.78, 5) is 0. The van der Waals surface area contributed by atoms with Crippen LogP contribution >= 0.6 is 38.5 Å². The maximum Gasteiger partial charge on any atom is 0.0914 e. The first-order valence-electron chi connectivity index (χ1n) is 5.96. The van der Waals surface area contributed by atoms with Gasteiger partial charge in [0.15, 0.2) is 0 Å². The summed E-state index contributed by atoms with van der Waals surface area (Å²) in [5, 5.41) is 0. The molecule has 0 amide bonds. The summed E-state index contributed by atoms with van der Waals surface area (Å²) >= 11 is 5.86. The highest BCUT2D eigenvalue weighted by Crippen LogP contribution is 2.24. The Hall–Kier alpha value is 0.350. The topological polar surface area (TPSA) is 18.5 Å². The zero-order chi connectivity index (χ0) is 13.6. The Kier molecular flexibility index (Phi) is 7.13. The Labute approximate surface area is 132 Å². The normalized spacial score (nSPS) is 13.6. The third-order valence-electron chi connectivity index (χ3n) is 2.94. The summed E-state index contributed by atoms with van der Waals surface area (Å²) in [5.74, 6) is 0. The number of rotatable bonds is 7. The minimum absolute atomic E-state index is 0.118. The summed E-state index contributed by atoms with van der Waals surface area (Å²) in [5.41, 5.74) is 1.10. The second-order valence-electron chi connectivity index (χ2n) is 4.78. The number of benzene rings is 1. The molecule has 0 spiro atoms. The Morgan fingerprint density at radius 3 is 2.67 bits per heavy atom. The zero-order valence-corrected chi connectivity index (χ0v) is 14.8. The van der Waals surface area contributed by atoms with E-state index >= 15 is 0 Å². The van der Waals surface area contributed by atoms with Crippen molar-refractivity contribution in [3.63, 3.8) is 0 Å². The maximum atomic E-state index is 5.96. The van der Waals surface area contributed by atoms with Gasteiger partial charge in [0, 0.05) is 16.0 Å². The van der Waals surface area contributed by atoms with E-state index in [-0.39, 0.29) is 11.7 Å². The Morgan fingerprint density at radius 1 is 1.39 bits per heavy atom. The first-order chi connectivity index (χ1) is 8.48. The largest absolute Gasteiger partial charge is 0.379 e. The van der Waals surface area contributed by atoms with E-state index in [1.54, 1.807) is 7.11 Å². The standard InChI is InChI=1S/C14H20BrIO2/c1-14(2,17-3)7-8-18-13(10-16)11-5-4-6-12(15)9-11/h4-6,9,13H,7-8,10H2,1-3H3. The van der Waals surface area contributed by atoms with Crippen LogP contribution in [-0.4, -0.2) is 23.7 Å². The molecule has 18 heavy (non-hydrogen) atoms. The van der Waals surface area contributed by atoms with Gasteiger partial charge in [0.05, 0.1) is 18.3 Å². The third-order valence-corrected chi connectivity index (χ3v) is 4.23. The van der Waals surface area contributed by atoms with Crippen LogP contribution in [0, 0.1) is 0 Å². The highest BCUT2D eigenvalue weighted by atomic mass is 127. The maximum absolute atomic E-state index is 5.96. The molecule has 1 aromatic rings. The smallest absolute Gasteiger partial charge is 0.0914 e. The highest BCUT2D eigenvalue weighted by molar-refractivity contribution is 14.1. The fraction of sp³-hybridized carbons (Fsp3) is 0.571. The summed E-state index contributed by atoms with van der Waals surface area (Å²) in [6.45, 7) is 4.87. The second-order valence-corrected chi connectivity index (χ2v) is 6.58. The van der Waals surface area contributed by atoms with Gasteiger partial charge >= 0.3 is 0 Å². The van der Waals surface area contributed by atoms with Gasteiger partial charge in [-0.15, -0.1) is 0 Å². The molecular formula is C14H20BrIO2. The predicted octanol–water partition coefficient (Wildman–Crippen LogP) is 4.76. The van der Waals surface area contributed by atoms with E-state index in [1.807, 2.05) is 12.1 Å². The molecule has 0 N–H and O–H groups in total. The lowest BCUT2D eigenvalue weighted by atomic mass is 10.1. The first-order valence-corrected chi connectivity index (χ1v) is 8.28. The lowest BCUT2D eigenvalue weighted by Crippen LogP contribution is -2.25. The first kappa shape index (κ1) is 16.4. The van der Waals surface area contributed by atoms with Crippen molar-refractivity contribution in [2.45, 2.75) is 32.0 Å². The van der Waals surface area contributed by atoms with Gasteiger partial charge in [0.25, 0.3) is 0 Å². The van der Waals surface area contributed by atoms with Crippen LogP contribution in [0.15, 0.2) is 28.7 Å². The summed E-state index contributed by atoms with van der Waals surface area (Å²) < 4.78 is 13.4. The molecule has 1 rings (SSSR count). The molecule has 0 saturated heterocycles. The zero-order valence-electron chi connectivity index (χ0n) is 11.1. The number of alkyl halides is 1. The van der Waals surface area contributed by atoms with E-state index in [2.05, 4.69) is 64.5 Å². The SMILES string of the molecule is COC(C)(C)CCOC(CI)c1cccc(Br)c1. The monoisotopic (exact) mass is 426 g/mol. The number of methoxy groups -OCH3 is 1. The van der Waals surface area contributed by atoms with Crippen molar-refractivity contribution >= 4 is 38.5 Å². The van der Waals surface area contributed by atoms with Crippen LogP contribution in [-0.2, 0) is 9.47 Å². The molecule has 102 valence electrons. The molecular weight excluding hydrogens is 407 g/mol. The number of hydrogen-bond acceptors (Lipinski definition) is 2. The Morgan fingerprint density at radius 2 is 2.11 bits per heavy atom. The number of hydrogen-bond donors (Lipinski definition) is 0. The lowest BCUT2D eigenvalue weighted by molar-refractivity contribution is -0.0225. The van der Waals surface area contributed by atoms with Crippen molar-refractivity contribution in [1.82, 2.24) is 0 Å². The highest BCUT2D eigenvalue weighted by Gasteiger charge is 2.18. The molecule has 0 heterocycles. The van der Waals surface area contributed by atoms with Crippen LogP contribution in [0.4, 0.5) is 0 Å². The third kappa shape index (κ3) is 5.55. The van der Waals surface area contributed by atoms with E-state index in [1.165, 1.54) is 5.56 Å². The minimum atomic E-state index is -0.118. The fourth-order valence-corrected chi connectivity index (χ4v) is 2.67. The molecule has 4 heteroatoms. The van der Waals surface area contributed by atoms with Crippen molar-refractivity contribution < 1.29 is 9.47 Å². The average molecular weight is 427 g/mol. The van der Waals surface area contributed by atoms with Crippen LogP contribution in [0.3, 0.4) is 0 Å². The average Bonchev–Trinajstić information content (AvgIpc) is 2.34. The van der Waals surface area contributed by atoms with Crippen LogP contribution in [0.1, 0.15) is 31.9 Å². The molecule has 0 aliphatic rings. The van der Waals surface area contributed by atoms with Gasteiger partial charge in [-0.2, -0.15) is 0 Å². The number of ether oxygens (including phenoxy) is 2. The van der Waals surface area contributed by atoms with Crippen molar-refractivity contribution in [2.75, 3.05) is 18.1 Å². The fourth-order valence-electron chi connectivity index (χ4n) is 1.49. The van der Waals surface area contributed by atoms with Gasteiger partial charge < -0.3 is 9.47 Å². The van der Waals surface area contributed by atoms with Crippen molar-refractivity contribution in [2.24, 2.45) is 0 Å². The Bertz CT molecular complexity index is 369. The summed E-state index contributed by atoms with van der Waals surface area (Å²) in [6.07, 6.45) is 1.04. The molecule has 0 aliphatic carbocycles. The minimum Gasteiger partial charge on any atom is -0.379 e. The van der Waals surface area contributed by atoms with Crippen molar-refractivity contribution in [3.05, 3.63) is 34.3 Å². The van der Waals surface area contributed by atoms with Gasteiger partial charge in [-0.1, -0.05) is 50.7 Å². The van der Waals surface area contributed by atoms with Crippen LogP contribution < -0.4 is 0 Å². The molecule has 0 aliphatic heterocycles. The van der Waals surface area contributed by atoms with Gasteiger partial charge in [-0.3, -0.25) is 0 Å². The lowest BCUT2D eigenvalue weighted by Gasteiger charge is -2.24. The molecule has 1 aromatic carbocycles. The predicted molar refractivity (Wildman–Crippen MR) is 87.4 cm³/mol. The van der Waals surface area contributed by atoms with Crippen molar-refractivity contribution in [3.8, 4) is 0 Å². The van der Waals surface area contributed by atoms with Crippen LogP contribution in [0.2, 0.25) is 0 Å². The van der Waals surface area contributed by atoms with Crippen LogP contribution in [0.5, 0.6) is 0 Å². The number of halogens is 2. The van der Waals surface area contributed by atoms with Crippen molar-refractivity contribution in [1.29, 1.82) is 0 Å². The van der Waals surface area contributed by atoms with E-state index in [0.29, 0.717) is 6.61 Å². The van der Waals surface area contributed by atoms with Gasteiger partial charge in [0.1, 0.15) is 0 Å². The molecule has 2 nitrogen and oxygen atoms in total. The van der Waals surface area contributed by atoms with E-state index < -0.39 is 0 Å². The van der Waals surface area contributed by atoms with E-state index in [4.69, 9.17) is 9.47 Å².